The SMILES string of the molecule is NCCCNCc1ccc(-c2cnc(NC(=O)NC3CN(Cc4cc(F)c(F)cc4F)C3)[nH]c2=O)cc1. The Bertz CT molecular complexity index is 1290. The lowest BCUT2D eigenvalue weighted by molar-refractivity contribution is 0.122. The smallest absolute Gasteiger partial charge is 0.321 e. The number of carbonyl (C=O) groups is 1. The molecule has 1 aromatic heterocycles. The topological polar surface area (TPSA) is 128 Å². The number of nitrogens with one attached hydrogen (secondary N) is 4. The quantitative estimate of drug-likeness (QED) is 0.208. The second-order valence-electron chi connectivity index (χ2n) is 8.84. The molecule has 0 atom stereocenters. The molecule has 0 spiro atoms. The zero-order valence-electron chi connectivity index (χ0n) is 20.0. The minimum Gasteiger partial charge on any atom is -0.332 e. The van der Waals surface area contributed by atoms with Crippen molar-refractivity contribution >= 4 is 12.0 Å². The number of H-pyrrole nitrogens is 1. The summed E-state index contributed by atoms with van der Waals surface area (Å²) >= 11 is 0. The Morgan fingerprint density at radius 3 is 2.54 bits per heavy atom. The van der Waals surface area contributed by atoms with E-state index in [0.29, 0.717) is 43.4 Å². The van der Waals surface area contributed by atoms with Crippen LogP contribution in [0.2, 0.25) is 0 Å². The predicted octanol–water partition coefficient (Wildman–Crippen LogP) is 2.30. The van der Waals surface area contributed by atoms with Crippen molar-refractivity contribution in [2.75, 3.05) is 31.5 Å². The van der Waals surface area contributed by atoms with Crippen LogP contribution in [0.3, 0.4) is 0 Å². The number of amides is 2. The second kappa shape index (κ2) is 12.0. The highest BCUT2D eigenvalue weighted by molar-refractivity contribution is 5.87. The largest absolute Gasteiger partial charge is 0.332 e. The van der Waals surface area contributed by atoms with E-state index in [4.69, 9.17) is 5.73 Å². The fourth-order valence-electron chi connectivity index (χ4n) is 3.97. The van der Waals surface area contributed by atoms with Crippen molar-refractivity contribution in [1.29, 1.82) is 0 Å². The van der Waals surface area contributed by atoms with Gasteiger partial charge in [-0.25, -0.2) is 22.9 Å². The van der Waals surface area contributed by atoms with Crippen LogP contribution in [0.15, 0.2) is 47.4 Å². The molecule has 37 heavy (non-hydrogen) atoms. The number of likely N-dealkylation sites (tertiary alicyclic amines) is 1. The van der Waals surface area contributed by atoms with E-state index >= 15 is 0 Å². The number of urea groups is 1. The van der Waals surface area contributed by atoms with E-state index in [9.17, 15) is 22.8 Å². The lowest BCUT2D eigenvalue weighted by Gasteiger charge is -2.39. The Morgan fingerprint density at radius 2 is 1.84 bits per heavy atom. The maximum Gasteiger partial charge on any atom is 0.321 e. The van der Waals surface area contributed by atoms with Gasteiger partial charge in [-0.15, -0.1) is 0 Å². The number of rotatable bonds is 10. The molecule has 1 fully saturated rings. The molecule has 0 unspecified atom stereocenters. The Labute approximate surface area is 211 Å². The number of aromatic nitrogens is 2. The number of carbonyl (C=O) groups excluding carboxylic acids is 1. The van der Waals surface area contributed by atoms with Crippen LogP contribution in [0.25, 0.3) is 11.1 Å². The summed E-state index contributed by atoms with van der Waals surface area (Å²) in [6, 6.07) is 8.07. The Morgan fingerprint density at radius 1 is 1.11 bits per heavy atom. The lowest BCUT2D eigenvalue weighted by atomic mass is 10.1. The maximum atomic E-state index is 13.8. The summed E-state index contributed by atoms with van der Waals surface area (Å²) in [5.41, 5.74) is 7.26. The second-order valence-corrected chi connectivity index (χ2v) is 8.84. The highest BCUT2D eigenvalue weighted by Crippen LogP contribution is 2.19. The standard InChI is InChI=1S/C25H28F3N7O2/c26-20-9-22(28)21(27)8-17(20)12-35-13-18(14-35)32-25(37)34-24-31-11-19(23(36)33-24)16-4-2-15(3-5-16)10-30-7-1-6-29/h2-5,8-9,11,18,30H,1,6-7,10,12-14,29H2,(H3,31,32,33,34,36,37). The van der Waals surface area contributed by atoms with Crippen molar-refractivity contribution in [3.05, 3.63) is 81.5 Å². The fraction of sp³-hybridized carbons (Fsp3) is 0.320. The first-order valence-corrected chi connectivity index (χ1v) is 11.8. The zero-order chi connectivity index (χ0) is 26.4. The van der Waals surface area contributed by atoms with Crippen LogP contribution in [0.1, 0.15) is 17.5 Å². The molecule has 4 rings (SSSR count). The molecule has 2 amide bonds. The summed E-state index contributed by atoms with van der Waals surface area (Å²) in [4.78, 5) is 33.3. The fourth-order valence-corrected chi connectivity index (χ4v) is 3.97. The van der Waals surface area contributed by atoms with E-state index in [0.717, 1.165) is 24.6 Å². The summed E-state index contributed by atoms with van der Waals surface area (Å²) in [5, 5.41) is 8.49. The normalized spacial score (nSPS) is 13.8. The van der Waals surface area contributed by atoms with E-state index in [1.165, 1.54) is 6.20 Å². The van der Waals surface area contributed by atoms with Crippen LogP contribution in [0, 0.1) is 17.5 Å². The average Bonchev–Trinajstić information content (AvgIpc) is 2.84. The third kappa shape index (κ3) is 6.94. The van der Waals surface area contributed by atoms with Crippen LogP contribution in [0.4, 0.5) is 23.9 Å². The highest BCUT2D eigenvalue weighted by Gasteiger charge is 2.29. The first-order valence-electron chi connectivity index (χ1n) is 11.8. The minimum atomic E-state index is -1.24. The molecular weight excluding hydrogens is 487 g/mol. The van der Waals surface area contributed by atoms with E-state index < -0.39 is 29.0 Å². The third-order valence-corrected chi connectivity index (χ3v) is 5.96. The van der Waals surface area contributed by atoms with Crippen LogP contribution in [-0.2, 0) is 13.1 Å². The van der Waals surface area contributed by atoms with Crippen LogP contribution >= 0.6 is 0 Å². The molecule has 3 aromatic rings. The number of aromatic amines is 1. The molecule has 2 heterocycles. The number of anilines is 1. The van der Waals surface area contributed by atoms with E-state index in [-0.39, 0.29) is 24.1 Å². The highest BCUT2D eigenvalue weighted by atomic mass is 19.2. The number of nitrogens with zero attached hydrogens (tertiary/aromatic N) is 2. The summed E-state index contributed by atoms with van der Waals surface area (Å²) in [7, 11) is 0. The van der Waals surface area contributed by atoms with Gasteiger partial charge in [0.1, 0.15) is 5.82 Å². The van der Waals surface area contributed by atoms with E-state index in [1.54, 1.807) is 4.90 Å². The molecule has 1 aliphatic rings. The summed E-state index contributed by atoms with van der Waals surface area (Å²) < 4.78 is 40.2. The number of nitrogens with two attached hydrogens (primary N) is 1. The van der Waals surface area contributed by atoms with Gasteiger partial charge in [-0.1, -0.05) is 24.3 Å². The molecule has 0 bridgehead atoms. The average molecular weight is 516 g/mol. The molecule has 1 saturated heterocycles. The van der Waals surface area contributed by atoms with Crippen molar-refractivity contribution in [2.24, 2.45) is 5.73 Å². The molecule has 196 valence electrons. The molecule has 9 nitrogen and oxygen atoms in total. The van der Waals surface area contributed by atoms with Gasteiger partial charge in [0.05, 0.1) is 11.6 Å². The van der Waals surface area contributed by atoms with Crippen LogP contribution in [-0.4, -0.2) is 53.1 Å². The molecule has 6 N–H and O–H groups in total. The lowest BCUT2D eigenvalue weighted by Crippen LogP contribution is -2.59. The Hall–Kier alpha value is -3.74. The van der Waals surface area contributed by atoms with Gasteiger partial charge in [0.2, 0.25) is 5.95 Å². The molecule has 0 aliphatic carbocycles. The van der Waals surface area contributed by atoms with Crippen molar-refractivity contribution in [3.8, 4) is 11.1 Å². The monoisotopic (exact) mass is 515 g/mol. The summed E-state index contributed by atoms with van der Waals surface area (Å²) in [6.45, 7) is 3.05. The molecule has 12 heteroatoms. The van der Waals surface area contributed by atoms with Gasteiger partial charge >= 0.3 is 6.03 Å². The number of benzene rings is 2. The zero-order valence-corrected chi connectivity index (χ0v) is 20.0. The van der Waals surface area contributed by atoms with Crippen molar-refractivity contribution < 1.29 is 18.0 Å². The summed E-state index contributed by atoms with van der Waals surface area (Å²) in [5.74, 6) is -3.17. The molecular formula is C25H28F3N7O2. The van der Waals surface area contributed by atoms with Gasteiger partial charge in [-0.2, -0.15) is 0 Å². The Balaban J connectivity index is 1.25. The molecule has 1 aliphatic heterocycles. The van der Waals surface area contributed by atoms with Crippen LogP contribution in [0.5, 0.6) is 0 Å². The first-order chi connectivity index (χ1) is 17.8. The summed E-state index contributed by atoms with van der Waals surface area (Å²) in [6.07, 6.45) is 2.29. The molecule has 2 aromatic carbocycles. The minimum absolute atomic E-state index is 0.00740. The maximum absolute atomic E-state index is 13.8. The van der Waals surface area contributed by atoms with Crippen molar-refractivity contribution in [1.82, 2.24) is 25.5 Å². The van der Waals surface area contributed by atoms with Gasteiger partial charge in [0.15, 0.2) is 11.6 Å². The van der Waals surface area contributed by atoms with E-state index in [2.05, 4.69) is 25.9 Å². The predicted molar refractivity (Wildman–Crippen MR) is 133 cm³/mol. The first kappa shape index (κ1) is 26.3. The molecule has 0 saturated carbocycles. The van der Waals surface area contributed by atoms with Gasteiger partial charge in [-0.3, -0.25) is 20.0 Å². The van der Waals surface area contributed by atoms with Crippen molar-refractivity contribution in [3.63, 3.8) is 0 Å². The molecule has 0 radical (unpaired) electrons. The number of hydrogen-bond acceptors (Lipinski definition) is 6. The Kier molecular flexibility index (Phi) is 8.54. The van der Waals surface area contributed by atoms with Gasteiger partial charge in [0, 0.05) is 44.0 Å². The number of hydrogen-bond donors (Lipinski definition) is 5. The van der Waals surface area contributed by atoms with Gasteiger partial charge in [0.25, 0.3) is 5.56 Å². The van der Waals surface area contributed by atoms with Gasteiger partial charge < -0.3 is 16.4 Å². The van der Waals surface area contributed by atoms with Crippen molar-refractivity contribution in [2.45, 2.75) is 25.6 Å². The third-order valence-electron chi connectivity index (χ3n) is 5.96. The van der Waals surface area contributed by atoms with E-state index in [1.807, 2.05) is 24.3 Å². The van der Waals surface area contributed by atoms with Crippen LogP contribution < -0.4 is 27.2 Å². The van der Waals surface area contributed by atoms with Gasteiger partial charge in [-0.05, 0) is 36.7 Å². The number of halogens is 3.